The second-order valence-corrected chi connectivity index (χ2v) is 25.1. The van der Waals surface area contributed by atoms with Gasteiger partial charge in [0.15, 0.2) is 16.6 Å². The summed E-state index contributed by atoms with van der Waals surface area (Å²) in [5.41, 5.74) is 1.87. The Balaban J connectivity index is 4.73. The predicted octanol–water partition coefficient (Wildman–Crippen LogP) is 3.74. The van der Waals surface area contributed by atoms with Crippen LogP contribution in [0.2, 0.25) is 57.9 Å². The minimum atomic E-state index is -2.57. The highest BCUT2D eigenvalue weighted by Gasteiger charge is 2.44. The SMILES string of the molecule is C=C[Si](C)(O[Si](C)(C)CCCOCCO)O[Si](C)(C)O[Si](C)(C)CCCOCCO. The van der Waals surface area contributed by atoms with Crippen LogP contribution in [-0.4, -0.2) is 83.6 Å². The standard InChI is InChI=1S/C19H46O7Si4/c1-9-30(8,25-28(4,5)19-11-15-23-17-13-21)26-29(6,7)24-27(2,3)18-10-14-22-16-12-20/h9,20-21H,1,10-19H2,2-8H3. The Hall–Kier alpha value is 0.328. The molecule has 0 aliphatic rings. The zero-order valence-corrected chi connectivity index (χ0v) is 24.3. The Bertz CT molecular complexity index is 478. The van der Waals surface area contributed by atoms with E-state index in [0.29, 0.717) is 26.4 Å². The van der Waals surface area contributed by atoms with Crippen LogP contribution in [0.3, 0.4) is 0 Å². The molecule has 0 radical (unpaired) electrons. The van der Waals surface area contributed by atoms with Crippen molar-refractivity contribution in [3.05, 3.63) is 12.3 Å². The maximum absolute atomic E-state index is 8.80. The monoisotopic (exact) mass is 498 g/mol. The Morgan fingerprint density at radius 3 is 1.50 bits per heavy atom. The molecule has 0 amide bonds. The van der Waals surface area contributed by atoms with Gasteiger partial charge >= 0.3 is 17.1 Å². The molecule has 0 heterocycles. The molecule has 0 saturated heterocycles. The lowest BCUT2D eigenvalue weighted by Gasteiger charge is -2.41. The van der Waals surface area contributed by atoms with Gasteiger partial charge in [0.25, 0.3) is 0 Å². The fraction of sp³-hybridized carbons (Fsp3) is 0.895. The fourth-order valence-corrected chi connectivity index (χ4v) is 21.6. The van der Waals surface area contributed by atoms with Gasteiger partial charge in [0.1, 0.15) is 0 Å². The highest BCUT2D eigenvalue weighted by atomic mass is 28.5. The molecule has 0 spiro atoms. The van der Waals surface area contributed by atoms with Crippen LogP contribution >= 0.6 is 0 Å². The van der Waals surface area contributed by atoms with Gasteiger partial charge in [0, 0.05) is 13.2 Å². The van der Waals surface area contributed by atoms with Gasteiger partial charge in [-0.25, -0.2) is 0 Å². The maximum Gasteiger partial charge on any atom is 0.342 e. The number of aliphatic hydroxyl groups is 2. The minimum absolute atomic E-state index is 0.0572. The number of ether oxygens (including phenoxy) is 2. The van der Waals surface area contributed by atoms with Crippen LogP contribution in [0.5, 0.6) is 0 Å². The molecule has 1 atom stereocenters. The summed E-state index contributed by atoms with van der Waals surface area (Å²) in [6.45, 7) is 21.3. The van der Waals surface area contributed by atoms with Gasteiger partial charge in [-0.1, -0.05) is 5.70 Å². The predicted molar refractivity (Wildman–Crippen MR) is 132 cm³/mol. The molecule has 0 aliphatic heterocycles. The van der Waals surface area contributed by atoms with Crippen molar-refractivity contribution in [1.29, 1.82) is 0 Å². The highest BCUT2D eigenvalue weighted by Crippen LogP contribution is 2.28. The average molecular weight is 499 g/mol. The molecular weight excluding hydrogens is 453 g/mol. The smallest absolute Gasteiger partial charge is 0.342 e. The van der Waals surface area contributed by atoms with E-state index in [1.807, 2.05) is 5.70 Å². The third-order valence-corrected chi connectivity index (χ3v) is 19.9. The van der Waals surface area contributed by atoms with Gasteiger partial charge in [-0.3, -0.25) is 0 Å². The molecule has 0 rings (SSSR count). The van der Waals surface area contributed by atoms with Crippen LogP contribution in [0.15, 0.2) is 12.3 Å². The Morgan fingerprint density at radius 1 is 0.667 bits per heavy atom. The molecule has 0 bridgehead atoms. The van der Waals surface area contributed by atoms with E-state index in [-0.39, 0.29) is 13.2 Å². The average Bonchev–Trinajstić information content (AvgIpc) is 2.59. The first kappa shape index (κ1) is 30.3. The third-order valence-electron chi connectivity index (χ3n) is 4.43. The molecule has 0 aliphatic carbocycles. The van der Waals surface area contributed by atoms with E-state index in [0.717, 1.165) is 24.9 Å². The van der Waals surface area contributed by atoms with Crippen molar-refractivity contribution < 1.29 is 32.0 Å². The van der Waals surface area contributed by atoms with Crippen molar-refractivity contribution in [2.45, 2.75) is 70.8 Å². The molecule has 1 unspecified atom stereocenters. The van der Waals surface area contributed by atoms with Crippen molar-refractivity contribution in [3.63, 3.8) is 0 Å². The highest BCUT2D eigenvalue weighted by molar-refractivity contribution is 6.91. The summed E-state index contributed by atoms with van der Waals surface area (Å²) in [4.78, 5) is 0. The van der Waals surface area contributed by atoms with E-state index < -0.39 is 33.8 Å². The van der Waals surface area contributed by atoms with Crippen molar-refractivity contribution in [3.8, 4) is 0 Å². The molecule has 7 nitrogen and oxygen atoms in total. The zero-order chi connectivity index (χ0) is 23.3. The summed E-state index contributed by atoms with van der Waals surface area (Å²) >= 11 is 0. The van der Waals surface area contributed by atoms with Crippen LogP contribution in [0.1, 0.15) is 12.8 Å². The van der Waals surface area contributed by atoms with E-state index in [9.17, 15) is 0 Å². The lowest BCUT2D eigenvalue weighted by molar-refractivity contribution is 0.0923. The second kappa shape index (κ2) is 14.5. The van der Waals surface area contributed by atoms with Crippen LogP contribution in [-0.2, 0) is 21.8 Å². The Kier molecular flexibility index (Phi) is 14.6. The van der Waals surface area contributed by atoms with Gasteiger partial charge in [-0.2, -0.15) is 0 Å². The minimum Gasteiger partial charge on any atom is -0.436 e. The fourth-order valence-electron chi connectivity index (χ4n) is 3.46. The molecule has 30 heavy (non-hydrogen) atoms. The van der Waals surface area contributed by atoms with Crippen molar-refractivity contribution in [2.24, 2.45) is 0 Å². The first-order valence-corrected chi connectivity index (χ1v) is 22.4. The number of aliphatic hydroxyl groups excluding tert-OH is 2. The Labute approximate surface area is 188 Å². The molecule has 180 valence electrons. The van der Waals surface area contributed by atoms with Gasteiger partial charge in [-0.05, 0) is 70.8 Å². The first-order chi connectivity index (χ1) is 13.8. The van der Waals surface area contributed by atoms with E-state index in [1.165, 1.54) is 0 Å². The van der Waals surface area contributed by atoms with Crippen LogP contribution in [0.4, 0.5) is 0 Å². The second-order valence-electron chi connectivity index (χ2n) is 9.32. The molecular formula is C19H46O7Si4. The van der Waals surface area contributed by atoms with E-state index in [4.69, 9.17) is 32.0 Å². The molecule has 0 aromatic carbocycles. The zero-order valence-electron chi connectivity index (χ0n) is 20.3. The van der Waals surface area contributed by atoms with Crippen molar-refractivity contribution in [2.75, 3.05) is 39.6 Å². The van der Waals surface area contributed by atoms with Gasteiger partial charge in [0.05, 0.1) is 26.4 Å². The van der Waals surface area contributed by atoms with Crippen LogP contribution in [0.25, 0.3) is 0 Å². The van der Waals surface area contributed by atoms with Crippen molar-refractivity contribution >= 4 is 33.8 Å². The molecule has 0 aromatic heterocycles. The quantitative estimate of drug-likeness (QED) is 0.207. The maximum atomic E-state index is 8.80. The molecule has 0 fully saturated rings. The number of rotatable bonds is 19. The molecule has 0 saturated carbocycles. The molecule has 2 N–H and O–H groups in total. The van der Waals surface area contributed by atoms with Crippen molar-refractivity contribution in [1.82, 2.24) is 0 Å². The van der Waals surface area contributed by atoms with Gasteiger partial charge < -0.3 is 32.0 Å². The largest absolute Gasteiger partial charge is 0.436 e. The summed E-state index contributed by atoms with van der Waals surface area (Å²) < 4.78 is 30.5. The van der Waals surface area contributed by atoms with Crippen LogP contribution < -0.4 is 0 Å². The molecule has 0 aromatic rings. The Morgan fingerprint density at radius 2 is 1.10 bits per heavy atom. The molecule has 11 heteroatoms. The van der Waals surface area contributed by atoms with E-state index in [2.05, 4.69) is 52.4 Å². The summed E-state index contributed by atoms with van der Waals surface area (Å²) in [5, 5.41) is 17.6. The summed E-state index contributed by atoms with van der Waals surface area (Å²) in [5.74, 6) is 0. The number of hydrogen-bond donors (Lipinski definition) is 2. The summed E-state index contributed by atoms with van der Waals surface area (Å²) in [7, 11) is -8.82. The summed E-state index contributed by atoms with van der Waals surface area (Å²) in [6, 6.07) is 1.95. The normalized spacial score (nSPS) is 15.2. The van der Waals surface area contributed by atoms with Crippen LogP contribution in [0, 0.1) is 0 Å². The lowest BCUT2D eigenvalue weighted by Crippen LogP contribution is -2.57. The topological polar surface area (TPSA) is 86.6 Å². The summed E-state index contributed by atoms with van der Waals surface area (Å²) in [6.07, 6.45) is 1.84. The van der Waals surface area contributed by atoms with Gasteiger partial charge in [-0.15, -0.1) is 6.58 Å². The first-order valence-electron chi connectivity index (χ1n) is 10.9. The lowest BCUT2D eigenvalue weighted by atomic mass is 10.5. The third kappa shape index (κ3) is 15.2. The van der Waals surface area contributed by atoms with E-state index >= 15 is 0 Å². The van der Waals surface area contributed by atoms with E-state index in [1.54, 1.807) is 0 Å². The van der Waals surface area contributed by atoms with Gasteiger partial charge in [0.2, 0.25) is 0 Å². The number of hydrogen-bond acceptors (Lipinski definition) is 7.